The second-order valence-electron chi connectivity index (χ2n) is 8.46. The summed E-state index contributed by atoms with van der Waals surface area (Å²) in [6.45, 7) is 2.92. The monoisotopic (exact) mass is 396 g/mol. The molecule has 0 fully saturated rings. The molecule has 0 aliphatic carbocycles. The topological polar surface area (TPSA) is 34.5 Å². The molecule has 1 aromatic heterocycles. The number of nitrogens with zero attached hydrogens (tertiary/aromatic N) is 2. The minimum absolute atomic E-state index is 0.199. The molecule has 4 nitrogen and oxygen atoms in total. The molecular weight excluding hydrogens is 372 g/mol. The normalized spacial score (nSPS) is 16.2. The lowest BCUT2D eigenvalue weighted by Crippen LogP contribution is -2.30. The molecule has 4 heteroatoms. The van der Waals surface area contributed by atoms with Crippen LogP contribution in [0, 0.1) is 0 Å². The highest BCUT2D eigenvalue weighted by Crippen LogP contribution is 2.41. The Bertz CT molecular complexity index is 1300. The van der Waals surface area contributed by atoms with Gasteiger partial charge in [0.2, 0.25) is 5.91 Å². The van der Waals surface area contributed by atoms with Gasteiger partial charge in [0.05, 0.1) is 18.1 Å². The van der Waals surface area contributed by atoms with Gasteiger partial charge in [0.15, 0.2) is 0 Å². The molecule has 30 heavy (non-hydrogen) atoms. The SMILES string of the molecule is COc1ccc2c(c1)c1c3c(cc4c1n2C(=O)CC4)CCN(Cc1ccccc1)C3. The largest absolute Gasteiger partial charge is 0.497 e. The lowest BCUT2D eigenvalue weighted by atomic mass is 9.90. The fraction of sp³-hybridized carbons (Fsp3) is 0.269. The van der Waals surface area contributed by atoms with Gasteiger partial charge in [0.25, 0.3) is 0 Å². The Kier molecular flexibility index (Phi) is 3.96. The van der Waals surface area contributed by atoms with Crippen molar-refractivity contribution in [3.05, 3.63) is 76.9 Å². The summed E-state index contributed by atoms with van der Waals surface area (Å²) >= 11 is 0. The fourth-order valence-corrected chi connectivity index (χ4v) is 5.30. The molecule has 3 aromatic carbocycles. The van der Waals surface area contributed by atoms with Gasteiger partial charge in [0, 0.05) is 36.8 Å². The zero-order valence-electron chi connectivity index (χ0n) is 17.1. The van der Waals surface area contributed by atoms with Crippen molar-refractivity contribution in [3.63, 3.8) is 0 Å². The zero-order chi connectivity index (χ0) is 20.2. The summed E-state index contributed by atoms with van der Waals surface area (Å²) in [6.07, 6.45) is 2.47. The zero-order valence-corrected chi connectivity index (χ0v) is 17.1. The van der Waals surface area contributed by atoms with Crippen LogP contribution >= 0.6 is 0 Å². The highest BCUT2D eigenvalue weighted by molar-refractivity contribution is 6.17. The van der Waals surface area contributed by atoms with Crippen molar-refractivity contribution < 1.29 is 9.53 Å². The Balaban J connectivity index is 1.56. The summed E-state index contributed by atoms with van der Waals surface area (Å²) in [7, 11) is 1.70. The third-order valence-electron chi connectivity index (χ3n) is 6.70. The van der Waals surface area contributed by atoms with E-state index >= 15 is 0 Å². The molecule has 0 spiro atoms. The van der Waals surface area contributed by atoms with Crippen molar-refractivity contribution in [1.82, 2.24) is 9.47 Å². The Labute approximate surface area is 175 Å². The van der Waals surface area contributed by atoms with E-state index in [0.29, 0.717) is 6.42 Å². The van der Waals surface area contributed by atoms with Crippen LogP contribution in [0.3, 0.4) is 0 Å². The maximum Gasteiger partial charge on any atom is 0.231 e. The van der Waals surface area contributed by atoms with E-state index in [9.17, 15) is 4.79 Å². The summed E-state index contributed by atoms with van der Waals surface area (Å²) in [5.41, 5.74) is 7.60. The van der Waals surface area contributed by atoms with Crippen LogP contribution in [0.1, 0.15) is 33.5 Å². The summed E-state index contributed by atoms with van der Waals surface area (Å²) in [5, 5.41) is 2.39. The van der Waals surface area contributed by atoms with Gasteiger partial charge in [-0.05, 0) is 53.3 Å². The van der Waals surface area contributed by atoms with Gasteiger partial charge in [-0.15, -0.1) is 0 Å². The summed E-state index contributed by atoms with van der Waals surface area (Å²) < 4.78 is 7.48. The van der Waals surface area contributed by atoms with Crippen molar-refractivity contribution in [2.45, 2.75) is 32.4 Å². The average Bonchev–Trinajstić information content (AvgIpc) is 3.13. The predicted octanol–water partition coefficient (Wildman–Crippen LogP) is 4.95. The molecule has 3 heterocycles. The number of carbonyl (C=O) groups is 1. The number of aryl methyl sites for hydroxylation is 1. The standard InChI is InChI=1S/C26H24N2O2/c1-30-20-8-9-23-21(14-20)25-22-16-27(15-17-5-3-2-4-6-17)12-11-18(22)13-19-7-10-24(29)28(23)26(19)25/h2-6,8-9,13-14H,7,10-12,15-16H2,1H3. The minimum atomic E-state index is 0.199. The number of ether oxygens (including phenoxy) is 1. The first kappa shape index (κ1) is 17.7. The maximum atomic E-state index is 12.9. The lowest BCUT2D eigenvalue weighted by molar-refractivity contribution is 0.0908. The van der Waals surface area contributed by atoms with Crippen LogP contribution in [0.25, 0.3) is 21.8 Å². The molecule has 4 aromatic rings. The van der Waals surface area contributed by atoms with E-state index in [2.05, 4.69) is 47.4 Å². The summed E-state index contributed by atoms with van der Waals surface area (Å²) in [4.78, 5) is 15.4. The van der Waals surface area contributed by atoms with Gasteiger partial charge in [-0.1, -0.05) is 36.4 Å². The highest BCUT2D eigenvalue weighted by Gasteiger charge is 2.29. The predicted molar refractivity (Wildman–Crippen MR) is 119 cm³/mol. The van der Waals surface area contributed by atoms with Gasteiger partial charge in [-0.3, -0.25) is 14.3 Å². The second kappa shape index (κ2) is 6.71. The van der Waals surface area contributed by atoms with Crippen LogP contribution in [-0.2, 0) is 25.9 Å². The number of carbonyl (C=O) groups excluding carboxylic acids is 1. The van der Waals surface area contributed by atoms with Gasteiger partial charge in [0.1, 0.15) is 5.75 Å². The van der Waals surface area contributed by atoms with Crippen LogP contribution in [-0.4, -0.2) is 29.0 Å². The molecule has 2 aliphatic rings. The first-order valence-corrected chi connectivity index (χ1v) is 10.7. The van der Waals surface area contributed by atoms with Crippen molar-refractivity contribution >= 4 is 27.7 Å². The minimum Gasteiger partial charge on any atom is -0.497 e. The van der Waals surface area contributed by atoms with Crippen molar-refractivity contribution in [2.24, 2.45) is 0 Å². The number of hydrogen-bond donors (Lipinski definition) is 0. The average molecular weight is 396 g/mol. The molecule has 2 aliphatic heterocycles. The molecule has 0 radical (unpaired) electrons. The van der Waals surface area contributed by atoms with Crippen molar-refractivity contribution in [3.8, 4) is 5.75 Å². The number of hydrogen-bond acceptors (Lipinski definition) is 3. The smallest absolute Gasteiger partial charge is 0.231 e. The number of benzene rings is 3. The van der Waals surface area contributed by atoms with Crippen molar-refractivity contribution in [2.75, 3.05) is 13.7 Å². The van der Waals surface area contributed by atoms with Crippen molar-refractivity contribution in [1.29, 1.82) is 0 Å². The van der Waals surface area contributed by atoms with Crippen LogP contribution in [0.5, 0.6) is 5.75 Å². The van der Waals surface area contributed by atoms with Gasteiger partial charge in [-0.25, -0.2) is 0 Å². The molecule has 0 bridgehead atoms. The lowest BCUT2D eigenvalue weighted by Gasteiger charge is -2.30. The van der Waals surface area contributed by atoms with Gasteiger partial charge >= 0.3 is 0 Å². The molecular formula is C26H24N2O2. The Morgan fingerprint density at radius 1 is 0.967 bits per heavy atom. The maximum absolute atomic E-state index is 12.9. The fourth-order valence-electron chi connectivity index (χ4n) is 5.30. The Morgan fingerprint density at radius 2 is 1.83 bits per heavy atom. The Hall–Kier alpha value is -3.11. The highest BCUT2D eigenvalue weighted by atomic mass is 16.5. The van der Waals surface area contributed by atoms with E-state index in [0.717, 1.165) is 54.6 Å². The summed E-state index contributed by atoms with van der Waals surface area (Å²) in [5.74, 6) is 1.04. The number of aromatic nitrogens is 1. The first-order chi connectivity index (χ1) is 14.7. The second-order valence-corrected chi connectivity index (χ2v) is 8.46. The molecule has 6 rings (SSSR count). The Morgan fingerprint density at radius 3 is 2.67 bits per heavy atom. The van der Waals surface area contributed by atoms with E-state index in [-0.39, 0.29) is 5.91 Å². The quantitative estimate of drug-likeness (QED) is 0.492. The number of rotatable bonds is 3. The first-order valence-electron chi connectivity index (χ1n) is 10.7. The molecule has 0 saturated carbocycles. The van der Waals surface area contributed by atoms with Crippen LogP contribution in [0.4, 0.5) is 0 Å². The number of fused-ring (bicyclic) bond motifs is 5. The van der Waals surface area contributed by atoms with Gasteiger partial charge < -0.3 is 4.74 Å². The molecule has 150 valence electrons. The molecule has 0 saturated heterocycles. The van der Waals surface area contributed by atoms with Crippen LogP contribution in [0.2, 0.25) is 0 Å². The van der Waals surface area contributed by atoms with E-state index < -0.39 is 0 Å². The van der Waals surface area contributed by atoms with E-state index in [1.807, 2.05) is 16.7 Å². The van der Waals surface area contributed by atoms with E-state index in [1.165, 1.54) is 27.6 Å². The van der Waals surface area contributed by atoms with Gasteiger partial charge in [-0.2, -0.15) is 0 Å². The third-order valence-corrected chi connectivity index (χ3v) is 6.70. The molecule has 0 amide bonds. The third kappa shape index (κ3) is 2.60. The van der Waals surface area contributed by atoms with E-state index in [4.69, 9.17) is 4.74 Å². The van der Waals surface area contributed by atoms with Crippen LogP contribution < -0.4 is 4.74 Å². The molecule has 0 unspecified atom stereocenters. The van der Waals surface area contributed by atoms with E-state index in [1.54, 1.807) is 7.11 Å². The molecule has 0 atom stereocenters. The van der Waals surface area contributed by atoms with Crippen LogP contribution in [0.15, 0.2) is 54.6 Å². The molecule has 0 N–H and O–H groups in total. The summed E-state index contributed by atoms with van der Waals surface area (Å²) in [6, 6.07) is 19.1. The number of methoxy groups -OCH3 is 1.